The van der Waals surface area contributed by atoms with E-state index in [2.05, 4.69) is 31.2 Å². The second-order valence-electron chi connectivity index (χ2n) is 7.29. The van der Waals surface area contributed by atoms with E-state index < -0.39 is 0 Å². The maximum absolute atomic E-state index is 4.73. The van der Waals surface area contributed by atoms with Crippen molar-refractivity contribution in [2.75, 3.05) is 37.6 Å². The van der Waals surface area contributed by atoms with E-state index in [0.29, 0.717) is 0 Å². The van der Waals surface area contributed by atoms with Crippen LogP contribution >= 0.6 is 11.3 Å². The molecule has 3 aromatic rings. The van der Waals surface area contributed by atoms with E-state index in [-0.39, 0.29) is 0 Å². The Labute approximate surface area is 163 Å². The second-order valence-corrected chi connectivity index (χ2v) is 8.37. The zero-order valence-electron chi connectivity index (χ0n) is 15.4. The second kappa shape index (κ2) is 7.50. The van der Waals surface area contributed by atoms with Crippen LogP contribution in [0.15, 0.2) is 30.9 Å². The number of nitrogens with one attached hydrogen (secondary N) is 1. The number of anilines is 1. The van der Waals surface area contributed by atoms with E-state index in [9.17, 15) is 0 Å². The lowest BCUT2D eigenvalue weighted by Crippen LogP contribution is -2.31. The van der Waals surface area contributed by atoms with Gasteiger partial charge in [0.1, 0.15) is 17.0 Å². The first-order chi connectivity index (χ1) is 13.4. The molecule has 0 amide bonds. The quantitative estimate of drug-likeness (QED) is 0.753. The Kier molecular flexibility index (Phi) is 4.73. The van der Waals surface area contributed by atoms with Gasteiger partial charge < -0.3 is 10.2 Å². The minimum atomic E-state index is 0.967. The van der Waals surface area contributed by atoms with E-state index in [0.717, 1.165) is 69.3 Å². The van der Waals surface area contributed by atoms with Crippen molar-refractivity contribution in [3.8, 4) is 0 Å². The Morgan fingerprint density at radius 2 is 2.15 bits per heavy atom. The smallest absolute Gasteiger partial charge is 0.141 e. The normalized spacial score (nSPS) is 18.4. The summed E-state index contributed by atoms with van der Waals surface area (Å²) >= 11 is 1.83. The van der Waals surface area contributed by atoms with Crippen molar-refractivity contribution in [2.45, 2.75) is 25.9 Å². The third kappa shape index (κ3) is 3.42. The Morgan fingerprint density at radius 3 is 3.07 bits per heavy atom. The van der Waals surface area contributed by atoms with E-state index in [1.165, 1.54) is 21.4 Å². The molecule has 0 aliphatic carbocycles. The van der Waals surface area contributed by atoms with Gasteiger partial charge in [0.05, 0.1) is 5.39 Å². The lowest BCUT2D eigenvalue weighted by Gasteiger charge is -2.24. The molecule has 5 heterocycles. The SMILES string of the molecule is c1cncc(CN2CCCN(c3ncnc4sc5c(c34)CCNC5)CC2)c1. The zero-order valence-corrected chi connectivity index (χ0v) is 16.2. The summed E-state index contributed by atoms with van der Waals surface area (Å²) in [4.78, 5) is 21.1. The molecule has 0 saturated carbocycles. The van der Waals surface area contributed by atoms with Gasteiger partial charge in [-0.1, -0.05) is 6.07 Å². The molecular formula is C20H24N6S. The van der Waals surface area contributed by atoms with Crippen LogP contribution in [0.5, 0.6) is 0 Å². The van der Waals surface area contributed by atoms with E-state index in [4.69, 9.17) is 4.98 Å². The average molecular weight is 381 g/mol. The third-order valence-electron chi connectivity index (χ3n) is 5.51. The molecule has 6 nitrogen and oxygen atoms in total. The maximum atomic E-state index is 4.73. The summed E-state index contributed by atoms with van der Waals surface area (Å²) in [5.74, 6) is 1.14. The summed E-state index contributed by atoms with van der Waals surface area (Å²) < 4.78 is 0. The monoisotopic (exact) mass is 380 g/mol. The van der Waals surface area contributed by atoms with Crippen molar-refractivity contribution in [1.29, 1.82) is 0 Å². The molecule has 0 bridgehead atoms. The van der Waals surface area contributed by atoms with Crippen LogP contribution < -0.4 is 10.2 Å². The Morgan fingerprint density at radius 1 is 1.15 bits per heavy atom. The first-order valence-electron chi connectivity index (χ1n) is 9.70. The minimum Gasteiger partial charge on any atom is -0.355 e. The number of fused-ring (bicyclic) bond motifs is 3. The predicted octanol–water partition coefficient (Wildman–Crippen LogP) is 2.44. The molecular weight excluding hydrogens is 356 g/mol. The summed E-state index contributed by atoms with van der Waals surface area (Å²) in [7, 11) is 0. The third-order valence-corrected chi connectivity index (χ3v) is 6.65. The first kappa shape index (κ1) is 17.0. The molecule has 0 aromatic carbocycles. The van der Waals surface area contributed by atoms with Gasteiger partial charge in [0.15, 0.2) is 0 Å². The highest BCUT2D eigenvalue weighted by Crippen LogP contribution is 2.37. The molecule has 140 valence electrons. The fourth-order valence-corrected chi connectivity index (χ4v) is 5.32. The van der Waals surface area contributed by atoms with E-state index in [1.807, 2.05) is 29.8 Å². The highest BCUT2D eigenvalue weighted by Gasteiger charge is 2.24. The molecule has 2 aliphatic heterocycles. The number of pyridine rings is 1. The van der Waals surface area contributed by atoms with Gasteiger partial charge in [-0.05, 0) is 36.6 Å². The highest BCUT2D eigenvalue weighted by molar-refractivity contribution is 7.19. The van der Waals surface area contributed by atoms with Gasteiger partial charge in [0, 0.05) is 56.5 Å². The summed E-state index contributed by atoms with van der Waals surface area (Å²) in [6, 6.07) is 4.18. The Balaban J connectivity index is 1.38. The average Bonchev–Trinajstić information content (AvgIpc) is 2.94. The fraction of sp³-hybridized carbons (Fsp3) is 0.450. The lowest BCUT2D eigenvalue weighted by molar-refractivity contribution is 0.285. The standard InChI is InChI=1S/C20H24N6S/c1-3-15(11-21-5-1)13-25-7-2-8-26(10-9-25)19-18-16-4-6-22-12-17(16)27-20(18)24-14-23-19/h1,3,5,11,14,22H,2,4,6-10,12-13H2. The van der Waals surface area contributed by atoms with Gasteiger partial charge in [0.25, 0.3) is 0 Å². The van der Waals surface area contributed by atoms with Crippen molar-refractivity contribution < 1.29 is 0 Å². The summed E-state index contributed by atoms with van der Waals surface area (Å²) in [5.41, 5.74) is 2.76. The number of thiophene rings is 1. The van der Waals surface area contributed by atoms with Crippen LogP contribution in [0.1, 0.15) is 22.4 Å². The number of rotatable bonds is 3. The van der Waals surface area contributed by atoms with Crippen molar-refractivity contribution in [3.05, 3.63) is 46.9 Å². The van der Waals surface area contributed by atoms with Crippen LogP contribution in [0.4, 0.5) is 5.82 Å². The van der Waals surface area contributed by atoms with Crippen LogP contribution in [0.25, 0.3) is 10.2 Å². The molecule has 1 N–H and O–H groups in total. The maximum Gasteiger partial charge on any atom is 0.141 e. The zero-order chi connectivity index (χ0) is 18.1. The van der Waals surface area contributed by atoms with E-state index >= 15 is 0 Å². The number of aromatic nitrogens is 3. The molecule has 1 fully saturated rings. The van der Waals surface area contributed by atoms with Crippen LogP contribution in [-0.4, -0.2) is 52.6 Å². The van der Waals surface area contributed by atoms with Gasteiger partial charge in [-0.3, -0.25) is 9.88 Å². The van der Waals surface area contributed by atoms with Crippen molar-refractivity contribution in [1.82, 2.24) is 25.2 Å². The molecule has 2 aliphatic rings. The summed E-state index contributed by atoms with van der Waals surface area (Å²) in [6.45, 7) is 7.22. The van der Waals surface area contributed by atoms with E-state index in [1.54, 1.807) is 6.33 Å². The number of nitrogens with zero attached hydrogens (tertiary/aromatic N) is 5. The molecule has 3 aromatic heterocycles. The molecule has 0 atom stereocenters. The minimum absolute atomic E-state index is 0.967. The van der Waals surface area contributed by atoms with Crippen molar-refractivity contribution in [2.24, 2.45) is 0 Å². The van der Waals surface area contributed by atoms with Gasteiger partial charge in [0.2, 0.25) is 0 Å². The molecule has 0 spiro atoms. The van der Waals surface area contributed by atoms with Gasteiger partial charge in [-0.2, -0.15) is 0 Å². The Bertz CT molecular complexity index is 925. The molecule has 7 heteroatoms. The van der Waals surface area contributed by atoms with Crippen LogP contribution in [0.2, 0.25) is 0 Å². The predicted molar refractivity (Wildman–Crippen MR) is 109 cm³/mol. The summed E-state index contributed by atoms with van der Waals surface area (Å²) in [6.07, 6.45) is 7.79. The van der Waals surface area contributed by atoms with Gasteiger partial charge in [-0.15, -0.1) is 11.3 Å². The van der Waals surface area contributed by atoms with Crippen molar-refractivity contribution >= 4 is 27.4 Å². The van der Waals surface area contributed by atoms with Crippen LogP contribution in [0, 0.1) is 0 Å². The summed E-state index contributed by atoms with van der Waals surface area (Å²) in [5, 5.41) is 4.78. The van der Waals surface area contributed by atoms with Crippen LogP contribution in [0.3, 0.4) is 0 Å². The highest BCUT2D eigenvalue weighted by atomic mass is 32.1. The number of hydrogen-bond acceptors (Lipinski definition) is 7. The number of hydrogen-bond donors (Lipinski definition) is 1. The lowest BCUT2D eigenvalue weighted by atomic mass is 10.1. The molecule has 0 radical (unpaired) electrons. The fourth-order valence-electron chi connectivity index (χ4n) is 4.17. The van der Waals surface area contributed by atoms with Crippen molar-refractivity contribution in [3.63, 3.8) is 0 Å². The topological polar surface area (TPSA) is 57.2 Å². The van der Waals surface area contributed by atoms with Gasteiger partial charge >= 0.3 is 0 Å². The van der Waals surface area contributed by atoms with Crippen LogP contribution in [-0.2, 0) is 19.5 Å². The first-order valence-corrected chi connectivity index (χ1v) is 10.5. The largest absolute Gasteiger partial charge is 0.355 e. The molecule has 1 saturated heterocycles. The molecule has 27 heavy (non-hydrogen) atoms. The molecule has 0 unspecified atom stereocenters. The molecule has 5 rings (SSSR count). The Hall–Kier alpha value is -2.09. The van der Waals surface area contributed by atoms with Gasteiger partial charge in [-0.25, -0.2) is 9.97 Å².